The third-order valence-electron chi connectivity index (χ3n) is 4.00. The van der Waals surface area contributed by atoms with E-state index < -0.39 is 41.2 Å². The molecule has 11 heteroatoms. The van der Waals surface area contributed by atoms with Gasteiger partial charge in [0, 0.05) is 11.8 Å². The fourth-order valence-corrected chi connectivity index (χ4v) is 2.87. The SMILES string of the molecule is CS(=O)(=O)NCc1ccc(-c2ccc(C(O)C(CF)NC(=O)C(F)F)cc2)cn1. The second-order valence-electron chi connectivity index (χ2n) is 6.27. The van der Waals surface area contributed by atoms with E-state index in [0.717, 1.165) is 6.26 Å². The predicted octanol–water partition coefficient (Wildman–Crippen LogP) is 1.55. The Bertz CT molecular complexity index is 922. The minimum atomic E-state index is -3.33. The molecule has 3 N–H and O–H groups in total. The zero-order valence-electron chi connectivity index (χ0n) is 15.3. The molecule has 0 saturated heterocycles. The van der Waals surface area contributed by atoms with Crippen molar-refractivity contribution >= 4 is 15.9 Å². The Kier molecular flexibility index (Phi) is 7.71. The number of rotatable bonds is 9. The first kappa shape index (κ1) is 22.8. The zero-order valence-corrected chi connectivity index (χ0v) is 16.2. The van der Waals surface area contributed by atoms with Crippen molar-refractivity contribution in [3.05, 3.63) is 53.9 Å². The predicted molar refractivity (Wildman–Crippen MR) is 100 cm³/mol. The number of aliphatic hydroxyl groups is 1. The Labute approximate surface area is 166 Å². The van der Waals surface area contributed by atoms with E-state index >= 15 is 0 Å². The molecule has 2 aromatic rings. The third kappa shape index (κ3) is 6.80. The van der Waals surface area contributed by atoms with Crippen molar-refractivity contribution in [3.63, 3.8) is 0 Å². The molecule has 2 atom stereocenters. The summed E-state index contributed by atoms with van der Waals surface area (Å²) in [5.74, 6) is -1.65. The lowest BCUT2D eigenvalue weighted by atomic mass is 9.99. The van der Waals surface area contributed by atoms with Gasteiger partial charge >= 0.3 is 6.43 Å². The molecule has 0 radical (unpaired) electrons. The zero-order chi connectivity index (χ0) is 21.6. The van der Waals surface area contributed by atoms with Crippen LogP contribution in [0.15, 0.2) is 42.6 Å². The van der Waals surface area contributed by atoms with Gasteiger partial charge < -0.3 is 10.4 Å². The number of aromatic nitrogens is 1. The average Bonchev–Trinajstić information content (AvgIpc) is 2.69. The monoisotopic (exact) mass is 431 g/mol. The normalized spacial score (nSPS) is 13.9. The second kappa shape index (κ2) is 9.81. The van der Waals surface area contributed by atoms with Crippen molar-refractivity contribution in [3.8, 4) is 11.1 Å². The molecule has 158 valence electrons. The topological polar surface area (TPSA) is 108 Å². The minimum absolute atomic E-state index is 0.0548. The molecule has 0 bridgehead atoms. The maximum Gasteiger partial charge on any atom is 0.315 e. The summed E-state index contributed by atoms with van der Waals surface area (Å²) >= 11 is 0. The number of alkyl halides is 3. The molecule has 1 heterocycles. The number of nitrogens with one attached hydrogen (secondary N) is 2. The molecule has 7 nitrogen and oxygen atoms in total. The third-order valence-corrected chi connectivity index (χ3v) is 4.67. The van der Waals surface area contributed by atoms with Gasteiger partial charge in [-0.1, -0.05) is 30.3 Å². The van der Waals surface area contributed by atoms with Crippen molar-refractivity contribution in [2.24, 2.45) is 0 Å². The molecule has 0 aliphatic carbocycles. The molecule has 0 spiro atoms. The Morgan fingerprint density at radius 2 is 1.76 bits per heavy atom. The molecule has 1 amide bonds. The molecular formula is C18H20F3N3O4S. The highest BCUT2D eigenvalue weighted by Gasteiger charge is 2.26. The number of carbonyl (C=O) groups excluding carboxylic acids is 1. The Balaban J connectivity index is 2.08. The number of hydrogen-bond acceptors (Lipinski definition) is 5. The number of benzene rings is 1. The van der Waals surface area contributed by atoms with Crippen LogP contribution in [0.2, 0.25) is 0 Å². The fourth-order valence-electron chi connectivity index (χ4n) is 2.46. The van der Waals surface area contributed by atoms with Gasteiger partial charge in [0.05, 0.1) is 24.5 Å². The Morgan fingerprint density at radius 1 is 1.14 bits per heavy atom. The van der Waals surface area contributed by atoms with E-state index in [-0.39, 0.29) is 12.1 Å². The van der Waals surface area contributed by atoms with Crippen molar-refractivity contribution in [1.82, 2.24) is 15.0 Å². The highest BCUT2D eigenvalue weighted by Crippen LogP contribution is 2.23. The van der Waals surface area contributed by atoms with E-state index in [1.54, 1.807) is 29.6 Å². The maximum atomic E-state index is 13.1. The second-order valence-corrected chi connectivity index (χ2v) is 8.10. The molecule has 2 unspecified atom stereocenters. The largest absolute Gasteiger partial charge is 0.386 e. The number of hydrogen-bond donors (Lipinski definition) is 3. The van der Waals surface area contributed by atoms with Crippen molar-refractivity contribution in [2.75, 3.05) is 12.9 Å². The van der Waals surface area contributed by atoms with Gasteiger partial charge in [0.1, 0.15) is 12.8 Å². The van der Waals surface area contributed by atoms with E-state index in [1.165, 1.54) is 18.3 Å². The lowest BCUT2D eigenvalue weighted by Gasteiger charge is -2.22. The van der Waals surface area contributed by atoms with Gasteiger partial charge in [-0.3, -0.25) is 9.78 Å². The number of nitrogens with zero attached hydrogens (tertiary/aromatic N) is 1. The van der Waals surface area contributed by atoms with Crippen LogP contribution < -0.4 is 10.0 Å². The van der Waals surface area contributed by atoms with Gasteiger partial charge in [-0.2, -0.15) is 8.78 Å². The van der Waals surface area contributed by atoms with Crippen LogP contribution in [0.1, 0.15) is 17.4 Å². The summed E-state index contributed by atoms with van der Waals surface area (Å²) in [6.45, 7) is -1.16. The van der Waals surface area contributed by atoms with Gasteiger partial charge in [0.15, 0.2) is 0 Å². The molecule has 2 rings (SSSR count). The van der Waals surface area contributed by atoms with Crippen molar-refractivity contribution in [2.45, 2.75) is 25.1 Å². The smallest absolute Gasteiger partial charge is 0.315 e. The highest BCUT2D eigenvalue weighted by molar-refractivity contribution is 7.88. The maximum absolute atomic E-state index is 13.1. The quantitative estimate of drug-likeness (QED) is 0.558. The molecule has 1 aromatic carbocycles. The summed E-state index contributed by atoms with van der Waals surface area (Å²) < 4.78 is 62.2. The lowest BCUT2D eigenvalue weighted by molar-refractivity contribution is -0.133. The molecule has 0 fully saturated rings. The summed E-state index contributed by atoms with van der Waals surface area (Å²) in [4.78, 5) is 15.2. The summed E-state index contributed by atoms with van der Waals surface area (Å²) in [5, 5.41) is 11.9. The van der Waals surface area contributed by atoms with Crippen LogP contribution in [-0.2, 0) is 21.4 Å². The van der Waals surface area contributed by atoms with E-state index in [9.17, 15) is 31.5 Å². The van der Waals surface area contributed by atoms with Crippen molar-refractivity contribution < 1.29 is 31.5 Å². The molecule has 0 aliphatic rings. The average molecular weight is 431 g/mol. The van der Waals surface area contributed by atoms with E-state index in [1.807, 2.05) is 0 Å². The first-order valence-electron chi connectivity index (χ1n) is 8.43. The molecule has 1 aromatic heterocycles. The summed E-state index contributed by atoms with van der Waals surface area (Å²) in [5.41, 5.74) is 2.19. The number of amides is 1. The van der Waals surface area contributed by atoms with Crippen LogP contribution in [0.3, 0.4) is 0 Å². The number of aliphatic hydroxyl groups excluding tert-OH is 1. The van der Waals surface area contributed by atoms with Crippen LogP contribution in [-0.4, -0.2) is 49.8 Å². The standard InChI is InChI=1S/C18H20F3N3O4S/c1-29(27,28)23-10-14-7-6-13(9-22-14)11-2-4-12(5-3-11)16(25)15(8-19)24-18(26)17(20)21/h2-7,9,15-17,23,25H,8,10H2,1H3,(H,24,26). The minimum Gasteiger partial charge on any atom is -0.386 e. The van der Waals surface area contributed by atoms with E-state index in [4.69, 9.17) is 0 Å². The van der Waals surface area contributed by atoms with E-state index in [0.29, 0.717) is 16.8 Å². The molecule has 29 heavy (non-hydrogen) atoms. The molecular weight excluding hydrogens is 411 g/mol. The molecule has 0 saturated carbocycles. The van der Waals surface area contributed by atoms with Crippen LogP contribution in [0, 0.1) is 0 Å². The number of carbonyl (C=O) groups is 1. The first-order valence-corrected chi connectivity index (χ1v) is 10.3. The van der Waals surface area contributed by atoms with Gasteiger partial charge in [0.25, 0.3) is 5.91 Å². The number of halogens is 3. The summed E-state index contributed by atoms with van der Waals surface area (Å²) in [6.07, 6.45) is -2.22. The fraction of sp³-hybridized carbons (Fsp3) is 0.333. The van der Waals surface area contributed by atoms with Crippen molar-refractivity contribution in [1.29, 1.82) is 0 Å². The number of pyridine rings is 1. The first-order chi connectivity index (χ1) is 13.6. The Morgan fingerprint density at radius 3 is 2.24 bits per heavy atom. The number of sulfonamides is 1. The van der Waals surface area contributed by atoms with Gasteiger partial charge in [0.2, 0.25) is 10.0 Å². The summed E-state index contributed by atoms with van der Waals surface area (Å²) in [6, 6.07) is 8.08. The van der Waals surface area contributed by atoms with Gasteiger partial charge in [-0.05, 0) is 17.2 Å². The van der Waals surface area contributed by atoms with E-state index in [2.05, 4.69) is 9.71 Å². The van der Waals surface area contributed by atoms with Crippen LogP contribution >= 0.6 is 0 Å². The van der Waals surface area contributed by atoms with Crippen LogP contribution in [0.5, 0.6) is 0 Å². The Hall–Kier alpha value is -2.50. The highest BCUT2D eigenvalue weighted by atomic mass is 32.2. The van der Waals surface area contributed by atoms with Crippen LogP contribution in [0.25, 0.3) is 11.1 Å². The lowest BCUT2D eigenvalue weighted by Crippen LogP contribution is -2.43. The van der Waals surface area contributed by atoms with Gasteiger partial charge in [-0.25, -0.2) is 17.5 Å². The summed E-state index contributed by atoms with van der Waals surface area (Å²) in [7, 11) is -3.33. The van der Waals surface area contributed by atoms with Gasteiger partial charge in [-0.15, -0.1) is 0 Å². The molecule has 0 aliphatic heterocycles. The van der Waals surface area contributed by atoms with Crippen LogP contribution in [0.4, 0.5) is 13.2 Å².